The minimum absolute atomic E-state index is 0.0165. The highest BCUT2D eigenvalue weighted by Gasteiger charge is 2.35. The van der Waals surface area contributed by atoms with Crippen molar-refractivity contribution in [3.05, 3.63) is 35.1 Å². The van der Waals surface area contributed by atoms with Crippen molar-refractivity contribution in [2.75, 3.05) is 6.61 Å². The Balaban J connectivity index is 3.01. The third-order valence-electron chi connectivity index (χ3n) is 2.07. The summed E-state index contributed by atoms with van der Waals surface area (Å²) in [5.41, 5.74) is -2.17. The van der Waals surface area contributed by atoms with Gasteiger partial charge in [-0.3, -0.25) is 0 Å². The average molecular weight is 264 g/mol. The van der Waals surface area contributed by atoms with E-state index in [4.69, 9.17) is 4.74 Å². The summed E-state index contributed by atoms with van der Waals surface area (Å²) in [5.74, 6) is -2.67. The maximum atomic E-state index is 13.5. The molecule has 0 N–H and O–H groups in total. The van der Waals surface area contributed by atoms with Crippen molar-refractivity contribution in [1.82, 2.24) is 0 Å². The van der Waals surface area contributed by atoms with Crippen LogP contribution in [0.1, 0.15) is 29.8 Å². The molecule has 0 saturated heterocycles. The van der Waals surface area contributed by atoms with Crippen molar-refractivity contribution < 1.29 is 27.1 Å². The van der Waals surface area contributed by atoms with E-state index in [0.29, 0.717) is 6.07 Å². The van der Waals surface area contributed by atoms with Crippen LogP contribution in [0.15, 0.2) is 18.2 Å². The van der Waals surface area contributed by atoms with E-state index in [1.165, 1.54) is 0 Å². The molecule has 18 heavy (non-hydrogen) atoms. The minimum Gasteiger partial charge on any atom is -0.462 e. The van der Waals surface area contributed by atoms with Crippen molar-refractivity contribution in [1.29, 1.82) is 0 Å². The van der Waals surface area contributed by atoms with Gasteiger partial charge in [0.2, 0.25) is 0 Å². The molecular formula is C12H12F4O2. The number of rotatable bonds is 3. The Bertz CT molecular complexity index is 438. The lowest BCUT2D eigenvalue weighted by Gasteiger charge is -2.11. The van der Waals surface area contributed by atoms with Crippen molar-refractivity contribution in [3.63, 3.8) is 0 Å². The second-order valence-corrected chi connectivity index (χ2v) is 4.16. The van der Waals surface area contributed by atoms with Crippen LogP contribution in [-0.4, -0.2) is 12.6 Å². The van der Waals surface area contributed by atoms with Crippen LogP contribution in [0.2, 0.25) is 0 Å². The van der Waals surface area contributed by atoms with Gasteiger partial charge in [-0.15, -0.1) is 0 Å². The lowest BCUT2D eigenvalue weighted by atomic mass is 10.1. The molecule has 6 heteroatoms. The molecule has 0 unspecified atom stereocenters. The number of hydrogen-bond donors (Lipinski definition) is 0. The molecule has 1 rings (SSSR count). The van der Waals surface area contributed by atoms with Gasteiger partial charge in [-0.2, -0.15) is 13.2 Å². The maximum absolute atomic E-state index is 13.5. The molecule has 0 spiro atoms. The third-order valence-corrected chi connectivity index (χ3v) is 2.07. The van der Waals surface area contributed by atoms with Crippen LogP contribution in [-0.2, 0) is 10.9 Å². The van der Waals surface area contributed by atoms with Gasteiger partial charge in [0, 0.05) is 0 Å². The van der Waals surface area contributed by atoms with Crippen molar-refractivity contribution in [3.8, 4) is 0 Å². The summed E-state index contributed by atoms with van der Waals surface area (Å²) < 4.78 is 55.5. The summed E-state index contributed by atoms with van der Waals surface area (Å²) in [5, 5.41) is 0. The minimum atomic E-state index is -4.83. The molecule has 0 amide bonds. The van der Waals surface area contributed by atoms with E-state index < -0.39 is 29.1 Å². The SMILES string of the molecule is CC(C)COC(=O)c1cccc(C(F)(F)F)c1F. The first-order valence-corrected chi connectivity index (χ1v) is 5.26. The average Bonchev–Trinajstić information content (AvgIpc) is 2.24. The number of ether oxygens (including phenoxy) is 1. The second kappa shape index (κ2) is 5.37. The first-order valence-electron chi connectivity index (χ1n) is 5.26. The van der Waals surface area contributed by atoms with Gasteiger partial charge in [-0.1, -0.05) is 19.9 Å². The molecule has 0 radical (unpaired) electrons. The number of alkyl halides is 3. The molecule has 0 bridgehead atoms. The van der Waals surface area contributed by atoms with Crippen molar-refractivity contribution in [2.24, 2.45) is 5.92 Å². The number of carbonyl (C=O) groups is 1. The van der Waals surface area contributed by atoms with Gasteiger partial charge in [0.15, 0.2) is 0 Å². The van der Waals surface area contributed by atoms with E-state index in [-0.39, 0.29) is 12.5 Å². The van der Waals surface area contributed by atoms with E-state index in [9.17, 15) is 22.4 Å². The topological polar surface area (TPSA) is 26.3 Å². The van der Waals surface area contributed by atoms with Crippen LogP contribution in [0.5, 0.6) is 0 Å². The molecule has 0 atom stereocenters. The molecular weight excluding hydrogens is 252 g/mol. The standard InChI is InChI=1S/C12H12F4O2/c1-7(2)6-18-11(17)8-4-3-5-9(10(8)13)12(14,15)16/h3-5,7H,6H2,1-2H3. The van der Waals surface area contributed by atoms with Crippen LogP contribution < -0.4 is 0 Å². The fraction of sp³-hybridized carbons (Fsp3) is 0.417. The molecule has 1 aromatic carbocycles. The fourth-order valence-corrected chi connectivity index (χ4v) is 1.23. The molecule has 2 nitrogen and oxygen atoms in total. The number of carbonyl (C=O) groups excluding carboxylic acids is 1. The summed E-state index contributed by atoms with van der Waals surface area (Å²) in [7, 11) is 0. The Morgan fingerprint density at radius 2 is 1.94 bits per heavy atom. The third kappa shape index (κ3) is 3.45. The zero-order valence-electron chi connectivity index (χ0n) is 9.84. The van der Waals surface area contributed by atoms with Gasteiger partial charge in [0.05, 0.1) is 17.7 Å². The lowest BCUT2D eigenvalue weighted by Crippen LogP contribution is -2.15. The zero-order valence-corrected chi connectivity index (χ0v) is 9.84. The zero-order chi connectivity index (χ0) is 13.9. The van der Waals surface area contributed by atoms with Crippen molar-refractivity contribution >= 4 is 5.97 Å². The highest BCUT2D eigenvalue weighted by molar-refractivity contribution is 5.90. The van der Waals surface area contributed by atoms with Gasteiger partial charge in [-0.05, 0) is 18.1 Å². The monoisotopic (exact) mass is 264 g/mol. The Labute approximate surface area is 102 Å². The van der Waals surface area contributed by atoms with Gasteiger partial charge in [0.1, 0.15) is 5.82 Å². The van der Waals surface area contributed by atoms with E-state index in [0.717, 1.165) is 12.1 Å². The maximum Gasteiger partial charge on any atom is 0.419 e. The van der Waals surface area contributed by atoms with Gasteiger partial charge < -0.3 is 4.74 Å². The predicted octanol–water partition coefficient (Wildman–Crippen LogP) is 3.66. The van der Waals surface area contributed by atoms with Gasteiger partial charge in [0.25, 0.3) is 0 Å². The molecule has 0 fully saturated rings. The number of halogens is 4. The van der Waals surface area contributed by atoms with Gasteiger partial charge >= 0.3 is 12.1 Å². The molecule has 0 saturated carbocycles. The predicted molar refractivity (Wildman–Crippen MR) is 56.5 cm³/mol. The smallest absolute Gasteiger partial charge is 0.419 e. The number of benzene rings is 1. The highest BCUT2D eigenvalue weighted by Crippen LogP contribution is 2.32. The molecule has 0 aliphatic rings. The molecule has 100 valence electrons. The summed E-state index contributed by atoms with van der Waals surface area (Å²) in [6.07, 6.45) is -4.83. The molecule has 0 heterocycles. The van der Waals surface area contributed by atoms with E-state index in [1.807, 2.05) is 0 Å². The molecule has 1 aromatic rings. The van der Waals surface area contributed by atoms with Crippen LogP contribution in [0.25, 0.3) is 0 Å². The first-order chi connectivity index (χ1) is 8.23. The quantitative estimate of drug-likeness (QED) is 0.615. The van der Waals surface area contributed by atoms with Crippen LogP contribution in [0, 0.1) is 11.7 Å². The summed E-state index contributed by atoms with van der Waals surface area (Å²) in [6.45, 7) is 3.54. The van der Waals surface area contributed by atoms with Gasteiger partial charge in [-0.25, -0.2) is 9.18 Å². The molecule has 0 aliphatic heterocycles. The van der Waals surface area contributed by atoms with E-state index >= 15 is 0 Å². The lowest BCUT2D eigenvalue weighted by molar-refractivity contribution is -0.140. The Hall–Kier alpha value is -1.59. The largest absolute Gasteiger partial charge is 0.462 e. The van der Waals surface area contributed by atoms with E-state index in [1.54, 1.807) is 13.8 Å². The number of esters is 1. The second-order valence-electron chi connectivity index (χ2n) is 4.16. The summed E-state index contributed by atoms with van der Waals surface area (Å²) in [4.78, 5) is 11.4. The molecule has 0 aliphatic carbocycles. The number of hydrogen-bond acceptors (Lipinski definition) is 2. The summed E-state index contributed by atoms with van der Waals surface area (Å²) >= 11 is 0. The van der Waals surface area contributed by atoms with Crippen molar-refractivity contribution in [2.45, 2.75) is 20.0 Å². The highest BCUT2D eigenvalue weighted by atomic mass is 19.4. The normalized spacial score (nSPS) is 11.7. The Morgan fingerprint density at radius 3 is 2.44 bits per heavy atom. The fourth-order valence-electron chi connectivity index (χ4n) is 1.23. The summed E-state index contributed by atoms with van der Waals surface area (Å²) in [6, 6.07) is 2.51. The Kier molecular flexibility index (Phi) is 4.32. The first kappa shape index (κ1) is 14.5. The molecule has 0 aromatic heterocycles. The van der Waals surface area contributed by atoms with E-state index in [2.05, 4.69) is 0 Å². The van der Waals surface area contributed by atoms with Crippen LogP contribution in [0.3, 0.4) is 0 Å². The van der Waals surface area contributed by atoms with Crippen LogP contribution in [0.4, 0.5) is 17.6 Å². The Morgan fingerprint density at radius 1 is 1.33 bits per heavy atom. The van der Waals surface area contributed by atoms with Crippen LogP contribution >= 0.6 is 0 Å².